The number of benzene rings is 2. The fourth-order valence-electron chi connectivity index (χ4n) is 2.33. The van der Waals surface area contributed by atoms with Gasteiger partial charge in [0.25, 0.3) is 0 Å². The molecule has 20 heavy (non-hydrogen) atoms. The first-order chi connectivity index (χ1) is 9.81. The number of rotatable bonds is 3. The summed E-state index contributed by atoms with van der Waals surface area (Å²) in [6.45, 7) is 0. The molecule has 2 nitrogen and oxygen atoms in total. The number of carbonyl (C=O) groups excluding carboxylic acids is 1. The normalized spacial score (nSPS) is 11.2. The maximum absolute atomic E-state index is 10.6. The van der Waals surface area contributed by atoms with E-state index in [9.17, 15) is 9.90 Å². The second-order valence-corrected chi connectivity index (χ2v) is 5.32. The molecule has 0 unspecified atom stereocenters. The number of phenols is 1. The molecule has 0 saturated heterocycles. The summed E-state index contributed by atoms with van der Waals surface area (Å²) in [7, 11) is 0. The van der Waals surface area contributed by atoms with E-state index >= 15 is 0 Å². The predicted molar refractivity (Wildman–Crippen MR) is 84.0 cm³/mol. The zero-order chi connectivity index (χ0) is 13.9. The Kier molecular flexibility index (Phi) is 3.35. The van der Waals surface area contributed by atoms with Crippen molar-refractivity contribution < 1.29 is 9.90 Å². The molecule has 0 fully saturated rings. The van der Waals surface area contributed by atoms with E-state index < -0.39 is 0 Å². The Hall–Kier alpha value is -2.39. The van der Waals surface area contributed by atoms with Gasteiger partial charge in [0.15, 0.2) is 0 Å². The Morgan fingerprint density at radius 2 is 1.85 bits per heavy atom. The van der Waals surface area contributed by atoms with E-state index in [0.29, 0.717) is 0 Å². The smallest absolute Gasteiger partial charge is 0.142 e. The van der Waals surface area contributed by atoms with Gasteiger partial charge >= 0.3 is 0 Å². The monoisotopic (exact) mass is 280 g/mol. The SMILES string of the molecule is O=C/C=C/c1c(-c2cccs2)cc(O)c2ccccc12. The van der Waals surface area contributed by atoms with Crippen LogP contribution in [0.5, 0.6) is 5.75 Å². The minimum Gasteiger partial charge on any atom is -0.507 e. The van der Waals surface area contributed by atoms with Crippen LogP contribution in [-0.2, 0) is 4.79 Å². The lowest BCUT2D eigenvalue weighted by atomic mass is 9.96. The molecule has 0 spiro atoms. The average Bonchev–Trinajstić information content (AvgIpc) is 3.00. The highest BCUT2D eigenvalue weighted by Crippen LogP contribution is 2.38. The summed E-state index contributed by atoms with van der Waals surface area (Å²) in [4.78, 5) is 11.7. The third-order valence-corrected chi connectivity index (χ3v) is 4.10. The van der Waals surface area contributed by atoms with Gasteiger partial charge in [-0.15, -0.1) is 11.3 Å². The lowest BCUT2D eigenvalue weighted by molar-refractivity contribution is -0.104. The van der Waals surface area contributed by atoms with Gasteiger partial charge in [-0.25, -0.2) is 0 Å². The van der Waals surface area contributed by atoms with Crippen molar-refractivity contribution in [2.45, 2.75) is 0 Å². The van der Waals surface area contributed by atoms with Crippen molar-refractivity contribution in [2.75, 3.05) is 0 Å². The van der Waals surface area contributed by atoms with Crippen molar-refractivity contribution in [3.05, 3.63) is 59.5 Å². The number of carbonyl (C=O) groups is 1. The number of thiophene rings is 1. The first kappa shape index (κ1) is 12.6. The molecular formula is C17H12O2S. The molecule has 3 rings (SSSR count). The van der Waals surface area contributed by atoms with Crippen LogP contribution in [0.3, 0.4) is 0 Å². The molecular weight excluding hydrogens is 268 g/mol. The van der Waals surface area contributed by atoms with E-state index in [0.717, 1.165) is 33.1 Å². The number of allylic oxidation sites excluding steroid dienone is 1. The molecule has 2 aromatic carbocycles. The molecule has 0 amide bonds. The van der Waals surface area contributed by atoms with Gasteiger partial charge in [-0.3, -0.25) is 4.79 Å². The van der Waals surface area contributed by atoms with Crippen LogP contribution in [0.15, 0.2) is 53.9 Å². The van der Waals surface area contributed by atoms with Crippen molar-refractivity contribution in [3.63, 3.8) is 0 Å². The van der Waals surface area contributed by atoms with Gasteiger partial charge < -0.3 is 5.11 Å². The Labute approximate surface area is 120 Å². The zero-order valence-corrected chi connectivity index (χ0v) is 11.4. The fourth-order valence-corrected chi connectivity index (χ4v) is 3.09. The van der Waals surface area contributed by atoms with Gasteiger partial charge in [0.1, 0.15) is 12.0 Å². The minimum absolute atomic E-state index is 0.257. The van der Waals surface area contributed by atoms with Crippen LogP contribution in [0.4, 0.5) is 0 Å². The summed E-state index contributed by atoms with van der Waals surface area (Å²) in [6.07, 6.45) is 4.04. The molecule has 3 aromatic rings. The molecule has 1 N–H and O–H groups in total. The molecule has 0 saturated carbocycles. The maximum Gasteiger partial charge on any atom is 0.142 e. The number of fused-ring (bicyclic) bond motifs is 1. The average molecular weight is 280 g/mol. The van der Waals surface area contributed by atoms with Gasteiger partial charge in [-0.05, 0) is 34.5 Å². The van der Waals surface area contributed by atoms with Crippen LogP contribution in [0.1, 0.15) is 5.56 Å². The van der Waals surface area contributed by atoms with Crippen molar-refractivity contribution in [1.82, 2.24) is 0 Å². The number of hydrogen-bond acceptors (Lipinski definition) is 3. The molecule has 0 bridgehead atoms. The summed E-state index contributed by atoms with van der Waals surface area (Å²) in [5.74, 6) is 0.257. The van der Waals surface area contributed by atoms with E-state index in [2.05, 4.69) is 0 Å². The zero-order valence-electron chi connectivity index (χ0n) is 10.6. The lowest BCUT2D eigenvalue weighted by Crippen LogP contribution is -1.85. The second kappa shape index (κ2) is 5.31. The summed E-state index contributed by atoms with van der Waals surface area (Å²) < 4.78 is 0. The van der Waals surface area contributed by atoms with Crippen LogP contribution in [0.2, 0.25) is 0 Å². The third kappa shape index (κ3) is 2.12. The summed E-state index contributed by atoms with van der Waals surface area (Å²) in [5.41, 5.74) is 1.89. The second-order valence-electron chi connectivity index (χ2n) is 4.38. The highest BCUT2D eigenvalue weighted by atomic mass is 32.1. The van der Waals surface area contributed by atoms with Crippen LogP contribution >= 0.6 is 11.3 Å². The van der Waals surface area contributed by atoms with Crippen LogP contribution in [0.25, 0.3) is 27.3 Å². The standard InChI is InChI=1S/C17H12O2S/c18-9-3-7-13-12-5-1-2-6-14(12)16(19)11-15(13)17-8-4-10-20-17/h1-11,19H/b7-3+. The molecule has 1 aromatic heterocycles. The van der Waals surface area contributed by atoms with Crippen LogP contribution < -0.4 is 0 Å². The van der Waals surface area contributed by atoms with Gasteiger partial charge in [0.2, 0.25) is 0 Å². The van der Waals surface area contributed by atoms with Gasteiger partial charge in [-0.2, -0.15) is 0 Å². The van der Waals surface area contributed by atoms with Gasteiger partial charge in [-0.1, -0.05) is 36.4 Å². The van der Waals surface area contributed by atoms with Crippen LogP contribution in [0, 0.1) is 0 Å². The molecule has 98 valence electrons. The molecule has 1 heterocycles. The maximum atomic E-state index is 10.6. The van der Waals surface area contributed by atoms with E-state index in [1.54, 1.807) is 23.5 Å². The molecule has 0 atom stereocenters. The highest BCUT2D eigenvalue weighted by molar-refractivity contribution is 7.13. The van der Waals surface area contributed by atoms with Gasteiger partial charge in [0, 0.05) is 15.8 Å². The van der Waals surface area contributed by atoms with Crippen molar-refractivity contribution in [2.24, 2.45) is 0 Å². The first-order valence-electron chi connectivity index (χ1n) is 6.21. The van der Waals surface area contributed by atoms with Gasteiger partial charge in [0.05, 0.1) is 0 Å². The number of aromatic hydroxyl groups is 1. The molecule has 3 heteroatoms. The Morgan fingerprint density at radius 1 is 1.05 bits per heavy atom. The fraction of sp³-hybridized carbons (Fsp3) is 0. The van der Waals surface area contributed by atoms with Crippen molar-refractivity contribution in [1.29, 1.82) is 0 Å². The predicted octanol–water partition coefficient (Wildman–Crippen LogP) is 4.49. The lowest BCUT2D eigenvalue weighted by Gasteiger charge is -2.10. The minimum atomic E-state index is 0.257. The van der Waals surface area contributed by atoms with E-state index in [1.165, 1.54) is 6.08 Å². The molecule has 0 aliphatic carbocycles. The first-order valence-corrected chi connectivity index (χ1v) is 7.09. The number of phenolic OH excluding ortho intramolecular Hbond substituents is 1. The van der Waals surface area contributed by atoms with E-state index in [4.69, 9.17) is 0 Å². The molecule has 0 radical (unpaired) electrons. The number of aldehydes is 1. The summed E-state index contributed by atoms with van der Waals surface area (Å²) in [6, 6.07) is 13.4. The topological polar surface area (TPSA) is 37.3 Å². The number of hydrogen-bond donors (Lipinski definition) is 1. The largest absolute Gasteiger partial charge is 0.507 e. The quantitative estimate of drug-likeness (QED) is 0.567. The third-order valence-electron chi connectivity index (χ3n) is 3.19. The summed E-state index contributed by atoms with van der Waals surface area (Å²) >= 11 is 1.61. The van der Waals surface area contributed by atoms with Crippen molar-refractivity contribution in [3.8, 4) is 16.2 Å². The highest BCUT2D eigenvalue weighted by Gasteiger charge is 2.11. The molecule has 0 aliphatic heterocycles. The summed E-state index contributed by atoms with van der Waals surface area (Å²) in [5, 5.41) is 13.9. The van der Waals surface area contributed by atoms with E-state index in [1.807, 2.05) is 41.8 Å². The van der Waals surface area contributed by atoms with Crippen molar-refractivity contribution >= 4 is 34.5 Å². The molecule has 0 aliphatic rings. The van der Waals surface area contributed by atoms with E-state index in [-0.39, 0.29) is 5.75 Å². The Balaban J connectivity index is 2.39. The van der Waals surface area contributed by atoms with Crippen LogP contribution in [-0.4, -0.2) is 11.4 Å². The Morgan fingerprint density at radius 3 is 2.55 bits per heavy atom. The Bertz CT molecular complexity index is 786.